The third-order valence-electron chi connectivity index (χ3n) is 17.5. The second-order valence-electron chi connectivity index (χ2n) is 22.0. The Morgan fingerprint density at radius 3 is 1.21 bits per heavy atom. The van der Waals surface area contributed by atoms with Crippen LogP contribution in [0.3, 0.4) is 0 Å². The Kier molecular flexibility index (Phi) is 11.2. The van der Waals surface area contributed by atoms with Crippen molar-refractivity contribution in [1.29, 1.82) is 0 Å². The quantitative estimate of drug-likeness (QED) is 0.142. The second kappa shape index (κ2) is 19.6. The molecule has 0 radical (unpaired) electrons. The first-order valence-corrected chi connectivity index (χ1v) is 31.0. The lowest BCUT2D eigenvalue weighted by Gasteiger charge is -2.43. The first kappa shape index (κ1) is 48.6. The molecule has 0 aliphatic carbocycles. The van der Waals surface area contributed by atoms with E-state index in [2.05, 4.69) is 318 Å². The van der Waals surface area contributed by atoms with Gasteiger partial charge in [0.15, 0.2) is 8.07 Å². The first-order chi connectivity index (χ1) is 42.2. The Hall–Kier alpha value is -11.1. The zero-order valence-electron chi connectivity index (χ0n) is 46.1. The molecule has 0 N–H and O–H groups in total. The number of benzene rings is 13. The predicted molar refractivity (Wildman–Crippen MR) is 351 cm³/mol. The summed E-state index contributed by atoms with van der Waals surface area (Å²) in [4.78, 5) is 5.24. The summed E-state index contributed by atoms with van der Waals surface area (Å²) in [6.07, 6.45) is 0. The summed E-state index contributed by atoms with van der Waals surface area (Å²) < 4.78 is 19.1. The van der Waals surface area contributed by atoms with Gasteiger partial charge in [0, 0.05) is 11.6 Å². The highest BCUT2D eigenvalue weighted by molar-refractivity contribution is 7.21. The van der Waals surface area contributed by atoms with Gasteiger partial charge in [0.05, 0.1) is 27.8 Å². The van der Waals surface area contributed by atoms with Crippen LogP contribution in [0, 0.1) is 0 Å². The maximum absolute atomic E-state index is 7.36. The lowest BCUT2D eigenvalue weighted by molar-refractivity contribution is 0.482. The molecule has 0 saturated heterocycles. The van der Waals surface area contributed by atoms with Crippen molar-refractivity contribution in [2.45, 2.75) is 0 Å². The third kappa shape index (κ3) is 7.45. The second-order valence-corrected chi connectivity index (χ2v) is 25.7. The van der Waals surface area contributed by atoms with Crippen molar-refractivity contribution in [3.05, 3.63) is 309 Å². The van der Waals surface area contributed by atoms with Crippen LogP contribution in [0.5, 0.6) is 23.0 Å². The molecule has 1 spiro atoms. The summed E-state index contributed by atoms with van der Waals surface area (Å²) in [6.45, 7) is 0. The van der Waals surface area contributed by atoms with Crippen LogP contribution in [0.1, 0.15) is 0 Å². The molecule has 0 saturated carbocycles. The zero-order valence-corrected chi connectivity index (χ0v) is 47.1. The zero-order chi connectivity index (χ0) is 56.0. The van der Waals surface area contributed by atoms with E-state index in [0.29, 0.717) is 0 Å². The van der Waals surface area contributed by atoms with Crippen molar-refractivity contribution in [2.75, 3.05) is 0 Å². The highest BCUT2D eigenvalue weighted by atomic mass is 28.3. The SMILES string of the molecule is c1ccc(-c2c(-c3ccccc3)c(-c3ccccc3)c(-c3ccc(-c4cccc5c4Oc4ccccc4[Si]54c5ccccc5Oc5cc(-n6c7ccccc7n7c8ccccc8nc67)ccc54)cc3)c(-c3ccccc3)c2-c2ccccc2)cc1. The topological polar surface area (TPSA) is 40.7 Å². The van der Waals surface area contributed by atoms with E-state index in [1.807, 2.05) is 0 Å². The molecule has 2 aliphatic heterocycles. The molecule has 0 fully saturated rings. The molecule has 2 aliphatic rings. The average Bonchev–Trinajstić information content (AvgIpc) is 2.43. The minimum Gasteiger partial charge on any atom is -0.457 e. The number of hydrogen-bond donors (Lipinski definition) is 0. The van der Waals surface area contributed by atoms with Gasteiger partial charge in [-0.05, 0) is 136 Å². The maximum atomic E-state index is 7.36. The summed E-state index contributed by atoms with van der Waals surface area (Å²) >= 11 is 0. The van der Waals surface area contributed by atoms with Crippen LogP contribution in [0.25, 0.3) is 111 Å². The van der Waals surface area contributed by atoms with E-state index in [-0.39, 0.29) is 0 Å². The predicted octanol–water partition coefficient (Wildman–Crippen LogP) is 17.7. The first-order valence-electron chi connectivity index (χ1n) is 29.0. The van der Waals surface area contributed by atoms with E-state index in [0.717, 1.165) is 107 Å². The van der Waals surface area contributed by atoms with Crippen LogP contribution in [0.15, 0.2) is 309 Å². The number of para-hydroxylation sites is 7. The van der Waals surface area contributed by atoms with Gasteiger partial charge < -0.3 is 9.47 Å². The highest BCUT2D eigenvalue weighted by Crippen LogP contribution is 2.56. The van der Waals surface area contributed by atoms with E-state index < -0.39 is 8.07 Å². The highest BCUT2D eigenvalue weighted by Gasteiger charge is 2.53. The average molecular weight is 1100 g/mol. The van der Waals surface area contributed by atoms with Gasteiger partial charge in [0.25, 0.3) is 0 Å². The minimum atomic E-state index is -3.20. The molecule has 15 aromatic rings. The van der Waals surface area contributed by atoms with Crippen LogP contribution in [0.2, 0.25) is 0 Å². The van der Waals surface area contributed by atoms with Gasteiger partial charge in [-0.15, -0.1) is 0 Å². The summed E-state index contributed by atoms with van der Waals surface area (Å²) in [5.74, 6) is 4.28. The van der Waals surface area contributed by atoms with E-state index in [4.69, 9.17) is 14.5 Å². The number of imidazole rings is 2. The molecule has 0 amide bonds. The molecule has 2 aromatic heterocycles. The largest absolute Gasteiger partial charge is 0.457 e. The fourth-order valence-corrected chi connectivity index (χ4v) is 19.1. The smallest absolute Gasteiger partial charge is 0.220 e. The van der Waals surface area contributed by atoms with Gasteiger partial charge in [0.2, 0.25) is 5.78 Å². The van der Waals surface area contributed by atoms with Gasteiger partial charge in [-0.25, -0.2) is 4.98 Å². The molecule has 13 aromatic carbocycles. The Morgan fingerprint density at radius 1 is 0.282 bits per heavy atom. The number of rotatable bonds is 8. The number of fused-ring (bicyclic) bond motifs is 13. The van der Waals surface area contributed by atoms with E-state index >= 15 is 0 Å². The third-order valence-corrected chi connectivity index (χ3v) is 22.3. The molecular formula is C79H51N3O2Si. The number of aromatic nitrogens is 3. The molecule has 17 rings (SSSR count). The number of nitrogens with zero attached hydrogens (tertiary/aromatic N) is 3. The fraction of sp³-hybridized carbons (Fsp3) is 0. The summed E-state index contributed by atoms with van der Waals surface area (Å²) in [7, 11) is -3.20. The van der Waals surface area contributed by atoms with Crippen molar-refractivity contribution in [3.8, 4) is 107 Å². The van der Waals surface area contributed by atoms with Gasteiger partial charge in [-0.1, -0.05) is 261 Å². The molecule has 398 valence electrons. The molecule has 6 heteroatoms. The molecule has 85 heavy (non-hydrogen) atoms. The fourth-order valence-electron chi connectivity index (χ4n) is 14.0. The van der Waals surface area contributed by atoms with E-state index in [1.165, 1.54) is 48.6 Å². The molecule has 1 atom stereocenters. The van der Waals surface area contributed by atoms with Crippen molar-refractivity contribution in [3.63, 3.8) is 0 Å². The van der Waals surface area contributed by atoms with E-state index in [1.54, 1.807) is 0 Å². The molecule has 4 heterocycles. The lowest BCUT2D eigenvalue weighted by atomic mass is 9.74. The summed E-state index contributed by atoms with van der Waals surface area (Å²) in [5, 5.41) is 4.74. The van der Waals surface area contributed by atoms with Crippen LogP contribution in [-0.2, 0) is 0 Å². The molecule has 5 nitrogen and oxygen atoms in total. The van der Waals surface area contributed by atoms with Crippen molar-refractivity contribution >= 4 is 56.7 Å². The maximum Gasteiger partial charge on any atom is 0.220 e. The normalized spacial score (nSPS) is 13.9. The van der Waals surface area contributed by atoms with Gasteiger partial charge in [0.1, 0.15) is 23.0 Å². The van der Waals surface area contributed by atoms with Gasteiger partial charge in [-0.3, -0.25) is 8.97 Å². The van der Waals surface area contributed by atoms with Crippen molar-refractivity contribution in [2.24, 2.45) is 0 Å². The van der Waals surface area contributed by atoms with E-state index in [9.17, 15) is 0 Å². The lowest BCUT2D eigenvalue weighted by Crippen LogP contribution is -2.77. The Morgan fingerprint density at radius 2 is 0.682 bits per heavy atom. The minimum absolute atomic E-state index is 0.832. The Labute approximate surface area is 493 Å². The summed E-state index contributed by atoms with van der Waals surface area (Å²) in [5.41, 5.74) is 21.2. The molecule has 1 unspecified atom stereocenters. The van der Waals surface area contributed by atoms with Crippen LogP contribution in [0.4, 0.5) is 0 Å². The molecule has 0 bridgehead atoms. The van der Waals surface area contributed by atoms with Crippen LogP contribution < -0.4 is 30.2 Å². The van der Waals surface area contributed by atoms with Gasteiger partial charge in [-0.2, -0.15) is 0 Å². The van der Waals surface area contributed by atoms with Crippen LogP contribution >= 0.6 is 0 Å². The number of ether oxygens (including phenoxy) is 2. The summed E-state index contributed by atoms with van der Waals surface area (Å²) in [6, 6.07) is 112. The monoisotopic (exact) mass is 1100 g/mol. The van der Waals surface area contributed by atoms with Gasteiger partial charge >= 0.3 is 0 Å². The van der Waals surface area contributed by atoms with Crippen molar-refractivity contribution in [1.82, 2.24) is 14.0 Å². The standard InChI is InChI=1S/C79H51N3O2Si/c1-6-25-53(26-7-1)72-73(54-27-8-2-9-28-54)75(56-31-12-4-13-32-56)77(76(57-33-14-5-15-34-57)74(72)55-29-10-3-11-30-55)58-47-45-52(46-48-58)60-35-24-44-71-78(60)84-66-41-21-23-43-69(66)85(71)68-42-22-20-40-65(68)83-67-51-59(49-50-70(67)85)81-63-38-18-19-39-64(63)82-62-37-17-16-36-61(62)80-79(81)82/h1-51H. The number of hydrogen-bond acceptors (Lipinski definition) is 3. The van der Waals surface area contributed by atoms with Crippen LogP contribution in [-0.4, -0.2) is 22.0 Å². The Balaban J connectivity index is 0.895. The van der Waals surface area contributed by atoms with Crippen molar-refractivity contribution < 1.29 is 9.47 Å². The molecular weight excluding hydrogens is 1050 g/mol. The Bertz CT molecular complexity index is 4980.